The van der Waals surface area contributed by atoms with Crippen molar-refractivity contribution in [1.82, 2.24) is 0 Å². The van der Waals surface area contributed by atoms with Crippen molar-refractivity contribution in [3.05, 3.63) is 200 Å². The van der Waals surface area contributed by atoms with E-state index in [2.05, 4.69) is 89.8 Å². The molecule has 10 aromatic rings. The van der Waals surface area contributed by atoms with Crippen molar-refractivity contribution in [3.63, 3.8) is 0 Å². The number of furan rings is 1. The van der Waals surface area contributed by atoms with Gasteiger partial charge in [0.05, 0.1) is 15.3 Å². The maximum atomic E-state index is 9.40. The van der Waals surface area contributed by atoms with Crippen LogP contribution in [0.1, 0.15) is 9.60 Å². The number of hydrogen-bond donors (Lipinski definition) is 0. The van der Waals surface area contributed by atoms with Crippen LogP contribution in [0.5, 0.6) is 0 Å². The van der Waals surface area contributed by atoms with E-state index in [4.69, 9.17) is 11.3 Å². The van der Waals surface area contributed by atoms with Gasteiger partial charge >= 0.3 is 0 Å². The van der Waals surface area contributed by atoms with Crippen molar-refractivity contribution >= 4 is 60.5 Å². The van der Waals surface area contributed by atoms with Gasteiger partial charge in [-0.05, 0) is 86.6 Å². The smallest absolute Gasteiger partial charge is 0.143 e. The fourth-order valence-corrected chi connectivity index (χ4v) is 7.25. The maximum Gasteiger partial charge on any atom is 0.143 e. The van der Waals surface area contributed by atoms with E-state index in [9.17, 15) is 2.74 Å². The van der Waals surface area contributed by atoms with Gasteiger partial charge in [0.1, 0.15) is 11.2 Å². The molecule has 0 amide bonds. The highest BCUT2D eigenvalue weighted by Crippen LogP contribution is 2.47. The largest absolute Gasteiger partial charge is 0.455 e. The minimum absolute atomic E-state index is 0.0913. The molecule has 10 rings (SSSR count). The van der Waals surface area contributed by atoms with Crippen LogP contribution in [0.3, 0.4) is 0 Å². The van der Waals surface area contributed by atoms with Gasteiger partial charge in [-0.3, -0.25) is 0 Å². The first-order chi connectivity index (χ1) is 28.7. The Kier molecular flexibility index (Phi) is 5.63. The monoisotopic (exact) mass is 670 g/mol. The molecule has 0 aliphatic heterocycles. The Labute approximate surface area is 312 Å². The maximum absolute atomic E-state index is 9.40. The van der Waals surface area contributed by atoms with Crippen molar-refractivity contribution in [2.24, 2.45) is 0 Å². The number of hydrogen-bond acceptors (Lipinski definition) is 2. The van der Waals surface area contributed by atoms with Crippen molar-refractivity contribution in [1.29, 1.82) is 0 Å². The minimum atomic E-state index is -0.501. The summed E-state index contributed by atoms with van der Waals surface area (Å²) in [5, 5.41) is 2.93. The molecule has 0 aliphatic carbocycles. The minimum Gasteiger partial charge on any atom is -0.455 e. The lowest BCUT2D eigenvalue weighted by atomic mass is 9.95. The van der Waals surface area contributed by atoms with Gasteiger partial charge in [-0.15, -0.1) is 0 Å². The summed E-state index contributed by atoms with van der Waals surface area (Å²) in [6, 6.07) is 50.3. The van der Waals surface area contributed by atoms with E-state index in [1.807, 2.05) is 60.7 Å². The van der Waals surface area contributed by atoms with Gasteiger partial charge in [-0.2, -0.15) is 0 Å². The first kappa shape index (κ1) is 23.5. The number of nitrogens with zero attached hydrogens (tertiary/aromatic N) is 1. The molecule has 52 heavy (non-hydrogen) atoms. The third-order valence-corrected chi connectivity index (χ3v) is 9.69. The van der Waals surface area contributed by atoms with E-state index in [0.717, 1.165) is 55.5 Å². The van der Waals surface area contributed by atoms with Gasteiger partial charge in [0.15, 0.2) is 0 Å². The molecule has 2 nitrogen and oxygen atoms in total. The predicted octanol–water partition coefficient (Wildman–Crippen LogP) is 14.4. The molecule has 0 atom stereocenters. The lowest BCUT2D eigenvalue weighted by Crippen LogP contribution is -2.10. The van der Waals surface area contributed by atoms with Crippen molar-refractivity contribution in [2.75, 3.05) is 4.90 Å². The van der Waals surface area contributed by atoms with E-state index in [1.165, 1.54) is 0 Å². The summed E-state index contributed by atoms with van der Waals surface area (Å²) >= 11 is 0. The average Bonchev–Trinajstić information content (AvgIpc) is 3.67. The molecule has 0 aliphatic rings. The second kappa shape index (κ2) is 12.5. The Morgan fingerprint density at radius 2 is 1.10 bits per heavy atom. The molecule has 1 aromatic heterocycles. The van der Waals surface area contributed by atoms with Crippen molar-refractivity contribution in [2.45, 2.75) is 0 Å². The highest BCUT2D eigenvalue weighted by atomic mass is 16.3. The highest BCUT2D eigenvalue weighted by molar-refractivity contribution is 6.22. The van der Waals surface area contributed by atoms with E-state index in [-0.39, 0.29) is 34.5 Å². The second-order valence-electron chi connectivity index (χ2n) is 12.8. The van der Waals surface area contributed by atoms with Crippen LogP contribution < -0.4 is 4.90 Å². The molecule has 244 valence electrons. The molecule has 1 heterocycles. The topological polar surface area (TPSA) is 16.4 Å². The summed E-state index contributed by atoms with van der Waals surface area (Å²) in [4.78, 5) is 2.24. The molecule has 0 radical (unpaired) electrons. The second-order valence-corrected chi connectivity index (χ2v) is 12.8. The van der Waals surface area contributed by atoms with Crippen molar-refractivity contribution in [3.8, 4) is 33.4 Å². The van der Waals surface area contributed by atoms with Crippen LogP contribution in [0.25, 0.3) is 76.9 Å². The van der Waals surface area contributed by atoms with Crippen LogP contribution in [-0.4, -0.2) is 0 Å². The fourth-order valence-electron chi connectivity index (χ4n) is 7.25. The lowest BCUT2D eigenvalue weighted by Gasteiger charge is -2.28. The molecule has 0 bridgehead atoms. The molecule has 2 heteroatoms. The molecule has 0 N–H and O–H groups in total. The number of rotatable bonds is 6. The number of fused-ring (bicyclic) bond motifs is 6. The van der Waals surface area contributed by atoms with Crippen LogP contribution in [0.4, 0.5) is 17.1 Å². The molecule has 0 saturated carbocycles. The third-order valence-electron chi connectivity index (χ3n) is 9.69. The number of anilines is 3. The van der Waals surface area contributed by atoms with Crippen molar-refractivity contribution < 1.29 is 14.0 Å². The fraction of sp³-hybridized carbons (Fsp3) is 0. The summed E-state index contributed by atoms with van der Waals surface area (Å²) in [5.74, 6) is 0. The van der Waals surface area contributed by atoms with Gasteiger partial charge in [0.2, 0.25) is 0 Å². The highest BCUT2D eigenvalue weighted by Gasteiger charge is 2.22. The summed E-state index contributed by atoms with van der Waals surface area (Å²) < 4.78 is 68.2. The Bertz CT molecular complexity index is 3290. The normalized spacial score (nSPS) is 13.3. The predicted molar refractivity (Wildman–Crippen MR) is 220 cm³/mol. The Morgan fingerprint density at radius 3 is 1.88 bits per heavy atom. The lowest BCUT2D eigenvalue weighted by molar-refractivity contribution is 0.673. The van der Waals surface area contributed by atoms with E-state index in [1.54, 1.807) is 12.1 Å². The van der Waals surface area contributed by atoms with E-state index in [0.29, 0.717) is 22.1 Å². The Morgan fingerprint density at radius 1 is 0.442 bits per heavy atom. The zero-order valence-electron chi connectivity index (χ0n) is 34.9. The Hall–Kier alpha value is -6.90. The van der Waals surface area contributed by atoms with Gasteiger partial charge in [0.25, 0.3) is 0 Å². The summed E-state index contributed by atoms with van der Waals surface area (Å²) in [6.07, 6.45) is 0. The van der Waals surface area contributed by atoms with E-state index < -0.39 is 24.2 Å². The average molecular weight is 671 g/mol. The van der Waals surface area contributed by atoms with Gasteiger partial charge in [-0.1, -0.05) is 158 Å². The van der Waals surface area contributed by atoms with Crippen LogP contribution in [-0.2, 0) is 0 Å². The SMILES string of the molecule is [2H]c1c([2H])c([2H])c2c([2H])c(-c3cccc4oc5c6ccccc6c(N(c6ccc(-c7ccccc7)cc6)c6cccc(-c7ccccc7)c6)cc5c34)c([2H])c([2H])c2c1[2H]. The summed E-state index contributed by atoms with van der Waals surface area (Å²) in [6.45, 7) is 0. The molecule has 9 aromatic carbocycles. The van der Waals surface area contributed by atoms with Crippen LogP contribution in [0.2, 0.25) is 0 Å². The van der Waals surface area contributed by atoms with Gasteiger partial charge in [0, 0.05) is 32.9 Å². The quantitative estimate of drug-likeness (QED) is 0.175. The van der Waals surface area contributed by atoms with E-state index >= 15 is 0 Å². The zero-order chi connectivity index (χ0) is 40.5. The molecule has 0 unspecified atom stereocenters. The van der Waals surface area contributed by atoms with Gasteiger partial charge < -0.3 is 9.32 Å². The molecular formula is C50H33NO. The van der Waals surface area contributed by atoms with Gasteiger partial charge in [-0.25, -0.2) is 0 Å². The summed E-state index contributed by atoms with van der Waals surface area (Å²) in [7, 11) is 0. The summed E-state index contributed by atoms with van der Waals surface area (Å²) in [5.41, 5.74) is 8.78. The Balaban J connectivity index is 1.27. The standard InChI is InChI=1S/C50H33NO/c1-3-13-34(14-4-1)37-27-29-41(30-28-37)51(42-20-11-19-39(32-42)35-15-5-2-6-16-35)47-33-46-49-43(40-26-25-36-17-7-8-18-38(36)31-40)23-12-24-48(49)52-50(46)45-22-10-9-21-44(45)47/h1-33H/i7D,8D,17D,18D,25D,26D,31D. The van der Waals surface area contributed by atoms with Crippen LogP contribution in [0.15, 0.2) is 204 Å². The first-order valence-electron chi connectivity index (χ1n) is 20.7. The molecule has 0 spiro atoms. The number of benzene rings is 9. The van der Waals surface area contributed by atoms with Crippen LogP contribution in [0, 0.1) is 0 Å². The third kappa shape index (κ3) is 5.12. The molecular weight excluding hydrogens is 631 g/mol. The molecule has 0 fully saturated rings. The zero-order valence-corrected chi connectivity index (χ0v) is 27.9. The molecule has 0 saturated heterocycles. The first-order valence-corrected chi connectivity index (χ1v) is 17.2. The van der Waals surface area contributed by atoms with Crippen LogP contribution >= 0.6 is 0 Å².